The van der Waals surface area contributed by atoms with Crippen LogP contribution in [-0.2, 0) is 6.42 Å². The molecule has 2 N–H and O–H groups in total. The Balaban J connectivity index is 2.16. The van der Waals surface area contributed by atoms with Crippen molar-refractivity contribution >= 4 is 15.9 Å². The number of hydrogen-bond acceptors (Lipinski definition) is 3. The molecule has 2 rings (SSSR count). The van der Waals surface area contributed by atoms with Crippen LogP contribution in [-0.4, -0.2) is 34.6 Å². The molecule has 4 heteroatoms. The Hall–Kier alpha value is -0.450. The van der Waals surface area contributed by atoms with Gasteiger partial charge in [0.25, 0.3) is 0 Å². The van der Waals surface area contributed by atoms with E-state index in [1.807, 2.05) is 12.4 Å². The third kappa shape index (κ3) is 3.23. The van der Waals surface area contributed by atoms with Gasteiger partial charge in [-0.15, -0.1) is 0 Å². The molecule has 0 saturated carbocycles. The fourth-order valence-electron chi connectivity index (χ4n) is 3.63. The van der Waals surface area contributed by atoms with Gasteiger partial charge in [-0.2, -0.15) is 0 Å². The highest BCUT2D eigenvalue weighted by atomic mass is 79.9. The lowest BCUT2D eigenvalue weighted by Gasteiger charge is -2.45. The van der Waals surface area contributed by atoms with Crippen molar-refractivity contribution in [3.8, 4) is 0 Å². The molecular weight excluding hydrogens is 314 g/mol. The second-order valence-electron chi connectivity index (χ2n) is 5.83. The average Bonchev–Trinajstić information content (AvgIpc) is 2.95. The predicted molar refractivity (Wildman–Crippen MR) is 87.7 cm³/mol. The maximum absolute atomic E-state index is 6.65. The van der Waals surface area contributed by atoms with Gasteiger partial charge < -0.3 is 5.73 Å². The first-order valence-electron chi connectivity index (χ1n) is 7.72. The van der Waals surface area contributed by atoms with Gasteiger partial charge in [0, 0.05) is 28.4 Å². The molecule has 112 valence electrons. The fraction of sp³-hybridized carbons (Fsp3) is 0.688. The lowest BCUT2D eigenvalue weighted by atomic mass is 9.80. The summed E-state index contributed by atoms with van der Waals surface area (Å²) in [5, 5.41) is 0. The van der Waals surface area contributed by atoms with Crippen LogP contribution in [0.4, 0.5) is 0 Å². The lowest BCUT2D eigenvalue weighted by Crippen LogP contribution is -2.59. The number of nitrogens with zero attached hydrogens (tertiary/aromatic N) is 2. The molecule has 0 radical (unpaired) electrons. The Morgan fingerprint density at radius 1 is 1.30 bits per heavy atom. The average molecular weight is 340 g/mol. The highest BCUT2D eigenvalue weighted by Crippen LogP contribution is 2.32. The summed E-state index contributed by atoms with van der Waals surface area (Å²) in [6, 6.07) is 2.29. The molecule has 0 bridgehead atoms. The number of halogens is 1. The van der Waals surface area contributed by atoms with Crippen LogP contribution in [0, 0.1) is 0 Å². The molecule has 0 aromatic carbocycles. The van der Waals surface area contributed by atoms with E-state index in [2.05, 4.69) is 45.7 Å². The van der Waals surface area contributed by atoms with E-state index in [4.69, 9.17) is 5.73 Å². The Labute approximate surface area is 131 Å². The fourth-order valence-corrected chi connectivity index (χ4v) is 4.04. The number of pyridine rings is 1. The zero-order valence-corrected chi connectivity index (χ0v) is 14.2. The van der Waals surface area contributed by atoms with Gasteiger partial charge in [0.05, 0.1) is 0 Å². The summed E-state index contributed by atoms with van der Waals surface area (Å²) in [6.07, 6.45) is 9.51. The molecule has 1 aromatic heterocycles. The largest absolute Gasteiger partial charge is 0.326 e. The summed E-state index contributed by atoms with van der Waals surface area (Å²) in [4.78, 5) is 6.88. The highest BCUT2D eigenvalue weighted by Gasteiger charge is 2.40. The van der Waals surface area contributed by atoms with E-state index in [1.165, 1.54) is 31.5 Å². The van der Waals surface area contributed by atoms with Gasteiger partial charge >= 0.3 is 0 Å². The van der Waals surface area contributed by atoms with Crippen LogP contribution in [0.3, 0.4) is 0 Å². The van der Waals surface area contributed by atoms with Crippen molar-refractivity contribution in [3.63, 3.8) is 0 Å². The minimum absolute atomic E-state index is 0.138. The van der Waals surface area contributed by atoms with Crippen molar-refractivity contribution in [2.45, 2.75) is 57.5 Å². The number of rotatable bonds is 6. The summed E-state index contributed by atoms with van der Waals surface area (Å²) < 4.78 is 1.03. The molecule has 20 heavy (non-hydrogen) atoms. The second-order valence-corrected chi connectivity index (χ2v) is 6.74. The summed E-state index contributed by atoms with van der Waals surface area (Å²) in [6.45, 7) is 6.96. The first kappa shape index (κ1) is 15.9. The molecule has 1 fully saturated rings. The smallest absolute Gasteiger partial charge is 0.0410 e. The van der Waals surface area contributed by atoms with Crippen LogP contribution in [0.15, 0.2) is 22.9 Å². The monoisotopic (exact) mass is 339 g/mol. The molecule has 1 saturated heterocycles. The maximum atomic E-state index is 6.65. The molecule has 0 spiro atoms. The van der Waals surface area contributed by atoms with Gasteiger partial charge in [-0.3, -0.25) is 9.88 Å². The summed E-state index contributed by atoms with van der Waals surface area (Å²) >= 11 is 3.49. The Kier molecular flexibility index (Phi) is 5.58. The summed E-state index contributed by atoms with van der Waals surface area (Å²) in [5.41, 5.74) is 8.01. The van der Waals surface area contributed by atoms with Crippen LogP contribution in [0.2, 0.25) is 0 Å². The van der Waals surface area contributed by atoms with Crippen molar-refractivity contribution in [2.24, 2.45) is 5.73 Å². The van der Waals surface area contributed by atoms with Crippen LogP contribution in [0.25, 0.3) is 0 Å². The van der Waals surface area contributed by atoms with Gasteiger partial charge in [0.1, 0.15) is 0 Å². The molecule has 1 aromatic rings. The van der Waals surface area contributed by atoms with E-state index in [1.54, 1.807) is 0 Å². The van der Waals surface area contributed by atoms with Gasteiger partial charge in [-0.05, 0) is 72.8 Å². The molecule has 1 aliphatic rings. The van der Waals surface area contributed by atoms with E-state index >= 15 is 0 Å². The third-order valence-electron chi connectivity index (χ3n) is 4.87. The van der Waals surface area contributed by atoms with Crippen molar-refractivity contribution in [1.82, 2.24) is 9.88 Å². The highest BCUT2D eigenvalue weighted by molar-refractivity contribution is 9.10. The van der Waals surface area contributed by atoms with E-state index in [9.17, 15) is 0 Å². The first-order valence-corrected chi connectivity index (χ1v) is 8.51. The zero-order chi connectivity index (χ0) is 14.6. The molecule has 1 aliphatic heterocycles. The maximum Gasteiger partial charge on any atom is 0.0410 e. The number of nitrogens with two attached hydrogens (primary N) is 1. The van der Waals surface area contributed by atoms with E-state index in [0.29, 0.717) is 0 Å². The third-order valence-corrected chi connectivity index (χ3v) is 5.30. The number of hydrogen-bond donors (Lipinski definition) is 1. The van der Waals surface area contributed by atoms with Gasteiger partial charge in [0.2, 0.25) is 0 Å². The molecular formula is C16H26BrN3. The summed E-state index contributed by atoms with van der Waals surface area (Å²) in [7, 11) is 0. The minimum atomic E-state index is 0.138. The molecule has 2 heterocycles. The van der Waals surface area contributed by atoms with Gasteiger partial charge in [-0.25, -0.2) is 0 Å². The Morgan fingerprint density at radius 3 is 2.50 bits per heavy atom. The van der Waals surface area contributed by atoms with Crippen molar-refractivity contribution in [1.29, 1.82) is 0 Å². The lowest BCUT2D eigenvalue weighted by molar-refractivity contribution is 0.0768. The number of aromatic nitrogens is 1. The van der Waals surface area contributed by atoms with Crippen molar-refractivity contribution in [3.05, 3.63) is 28.5 Å². The quantitative estimate of drug-likeness (QED) is 0.863. The van der Waals surface area contributed by atoms with Crippen molar-refractivity contribution < 1.29 is 0 Å². The normalized spacial score (nSPS) is 18.4. The van der Waals surface area contributed by atoms with Crippen LogP contribution < -0.4 is 5.73 Å². The topological polar surface area (TPSA) is 42.1 Å². The Bertz CT molecular complexity index is 425. The second kappa shape index (κ2) is 7.01. The zero-order valence-electron chi connectivity index (χ0n) is 12.6. The van der Waals surface area contributed by atoms with Crippen molar-refractivity contribution in [2.75, 3.05) is 13.1 Å². The van der Waals surface area contributed by atoms with Crippen LogP contribution in [0.5, 0.6) is 0 Å². The molecule has 0 amide bonds. The standard InChI is InChI=1S/C16H26BrN3/c1-3-16(4-2,20-7-5-6-8-20)15(18)10-13-9-14(17)12-19-11-13/h9,11-12,15H,3-8,10,18H2,1-2H3. The molecule has 1 atom stereocenters. The number of likely N-dealkylation sites (tertiary alicyclic amines) is 1. The van der Waals surface area contributed by atoms with Crippen LogP contribution >= 0.6 is 15.9 Å². The van der Waals surface area contributed by atoms with E-state index < -0.39 is 0 Å². The predicted octanol–water partition coefficient (Wildman–Crippen LogP) is 3.37. The van der Waals surface area contributed by atoms with E-state index in [0.717, 1.165) is 23.7 Å². The minimum Gasteiger partial charge on any atom is -0.326 e. The molecule has 1 unspecified atom stereocenters. The molecule has 3 nitrogen and oxygen atoms in total. The van der Waals surface area contributed by atoms with Crippen LogP contribution in [0.1, 0.15) is 45.1 Å². The molecule has 0 aliphatic carbocycles. The van der Waals surface area contributed by atoms with E-state index in [-0.39, 0.29) is 11.6 Å². The van der Waals surface area contributed by atoms with Gasteiger partial charge in [-0.1, -0.05) is 13.8 Å². The first-order chi connectivity index (χ1) is 9.62. The van der Waals surface area contributed by atoms with Gasteiger partial charge in [0.15, 0.2) is 0 Å². The SMILES string of the molecule is CCC(CC)(C(N)Cc1cncc(Br)c1)N1CCCC1. The summed E-state index contributed by atoms with van der Waals surface area (Å²) in [5.74, 6) is 0. The Morgan fingerprint density at radius 2 is 1.95 bits per heavy atom.